The van der Waals surface area contributed by atoms with Gasteiger partial charge in [0.05, 0.1) is 13.2 Å². The molecule has 0 unspecified atom stereocenters. The summed E-state index contributed by atoms with van der Waals surface area (Å²) in [6.07, 6.45) is 3.75. The Morgan fingerprint density at radius 2 is 1.95 bits per heavy atom. The van der Waals surface area contributed by atoms with Gasteiger partial charge in [0.2, 0.25) is 0 Å². The van der Waals surface area contributed by atoms with Crippen molar-refractivity contribution in [2.75, 3.05) is 32.8 Å². The van der Waals surface area contributed by atoms with Crippen molar-refractivity contribution in [3.63, 3.8) is 0 Å². The Morgan fingerprint density at radius 3 is 2.65 bits per heavy atom. The highest BCUT2D eigenvalue weighted by atomic mass is 16.5. The largest absolute Gasteiger partial charge is 0.490 e. The molecule has 1 aliphatic rings. The van der Waals surface area contributed by atoms with Crippen molar-refractivity contribution >= 4 is 0 Å². The fraction of sp³-hybridized carbons (Fsp3) is 0.625. The van der Waals surface area contributed by atoms with Gasteiger partial charge in [-0.2, -0.15) is 0 Å². The Bertz CT molecular complexity index is 403. The van der Waals surface area contributed by atoms with E-state index in [1.165, 1.54) is 25.9 Å². The standard InChI is InChI=1S/C16H26N2O2/c1-2-19-16-12-14(13-17)6-7-15(16)20-11-5-10-18-8-3-4-9-18/h6-7,12H,2-5,8-11,13,17H2,1H3. The van der Waals surface area contributed by atoms with Gasteiger partial charge in [0.1, 0.15) is 0 Å². The van der Waals surface area contributed by atoms with Gasteiger partial charge in [-0.1, -0.05) is 6.07 Å². The average molecular weight is 278 g/mol. The third kappa shape index (κ3) is 4.39. The molecular weight excluding hydrogens is 252 g/mol. The van der Waals surface area contributed by atoms with Crippen LogP contribution in [0.25, 0.3) is 0 Å². The van der Waals surface area contributed by atoms with Gasteiger partial charge >= 0.3 is 0 Å². The van der Waals surface area contributed by atoms with Crippen molar-refractivity contribution in [3.05, 3.63) is 23.8 Å². The molecule has 112 valence electrons. The maximum Gasteiger partial charge on any atom is 0.161 e. The Morgan fingerprint density at radius 1 is 1.15 bits per heavy atom. The fourth-order valence-corrected chi connectivity index (χ4v) is 2.54. The highest BCUT2D eigenvalue weighted by molar-refractivity contribution is 5.43. The molecule has 2 N–H and O–H groups in total. The van der Waals surface area contributed by atoms with Crippen LogP contribution in [0.2, 0.25) is 0 Å². The van der Waals surface area contributed by atoms with Crippen LogP contribution >= 0.6 is 0 Å². The molecule has 0 spiro atoms. The van der Waals surface area contributed by atoms with E-state index >= 15 is 0 Å². The molecule has 4 heteroatoms. The summed E-state index contributed by atoms with van der Waals surface area (Å²) in [7, 11) is 0. The van der Waals surface area contributed by atoms with Gasteiger partial charge in [-0.25, -0.2) is 0 Å². The average Bonchev–Trinajstić information content (AvgIpc) is 2.98. The second-order valence-corrected chi connectivity index (χ2v) is 5.17. The summed E-state index contributed by atoms with van der Waals surface area (Å²) in [5.41, 5.74) is 6.72. The van der Waals surface area contributed by atoms with Gasteiger partial charge in [0.25, 0.3) is 0 Å². The number of benzene rings is 1. The van der Waals surface area contributed by atoms with Crippen molar-refractivity contribution in [2.45, 2.75) is 32.7 Å². The van der Waals surface area contributed by atoms with Gasteiger partial charge in [-0.3, -0.25) is 0 Å². The van der Waals surface area contributed by atoms with Crippen LogP contribution in [0.5, 0.6) is 11.5 Å². The predicted octanol–water partition coefficient (Wildman–Crippen LogP) is 2.41. The van der Waals surface area contributed by atoms with Crippen molar-refractivity contribution in [1.82, 2.24) is 4.90 Å². The van der Waals surface area contributed by atoms with E-state index in [4.69, 9.17) is 15.2 Å². The summed E-state index contributed by atoms with van der Waals surface area (Å²) in [5.74, 6) is 1.63. The minimum absolute atomic E-state index is 0.523. The highest BCUT2D eigenvalue weighted by Gasteiger charge is 2.11. The summed E-state index contributed by atoms with van der Waals surface area (Å²) in [4.78, 5) is 2.50. The molecule has 1 heterocycles. The SMILES string of the molecule is CCOc1cc(CN)ccc1OCCCN1CCCC1. The summed E-state index contributed by atoms with van der Waals surface area (Å²) in [6, 6.07) is 5.93. The zero-order valence-electron chi connectivity index (χ0n) is 12.4. The smallest absolute Gasteiger partial charge is 0.161 e. The van der Waals surface area contributed by atoms with Crippen LogP contribution in [-0.2, 0) is 6.54 Å². The summed E-state index contributed by atoms with van der Waals surface area (Å²) in [5, 5.41) is 0. The van der Waals surface area contributed by atoms with E-state index in [0.717, 1.165) is 36.6 Å². The molecule has 1 aromatic rings. The van der Waals surface area contributed by atoms with E-state index in [9.17, 15) is 0 Å². The Balaban J connectivity index is 1.81. The predicted molar refractivity (Wildman–Crippen MR) is 81.3 cm³/mol. The minimum atomic E-state index is 0.523. The molecule has 1 aliphatic heterocycles. The normalized spacial score (nSPS) is 15.5. The molecule has 0 aliphatic carbocycles. The van der Waals surface area contributed by atoms with Crippen molar-refractivity contribution in [2.24, 2.45) is 5.73 Å². The molecule has 0 amide bonds. The number of nitrogens with zero attached hydrogens (tertiary/aromatic N) is 1. The van der Waals surface area contributed by atoms with Crippen molar-refractivity contribution < 1.29 is 9.47 Å². The van der Waals surface area contributed by atoms with Crippen LogP contribution < -0.4 is 15.2 Å². The van der Waals surface area contributed by atoms with Crippen LogP contribution in [0.3, 0.4) is 0 Å². The zero-order chi connectivity index (χ0) is 14.2. The first kappa shape index (κ1) is 15.1. The molecule has 0 aromatic heterocycles. The maximum atomic E-state index is 5.86. The molecule has 0 radical (unpaired) electrons. The lowest BCUT2D eigenvalue weighted by Gasteiger charge is -2.16. The lowest BCUT2D eigenvalue weighted by molar-refractivity contribution is 0.247. The van der Waals surface area contributed by atoms with Gasteiger partial charge in [-0.15, -0.1) is 0 Å². The van der Waals surface area contributed by atoms with E-state index in [1.807, 2.05) is 25.1 Å². The molecule has 1 aromatic carbocycles. The Labute approximate surface area is 121 Å². The van der Waals surface area contributed by atoms with Gasteiger partial charge in [0.15, 0.2) is 11.5 Å². The van der Waals surface area contributed by atoms with E-state index in [-0.39, 0.29) is 0 Å². The third-order valence-electron chi connectivity index (χ3n) is 3.62. The molecule has 0 bridgehead atoms. The zero-order valence-corrected chi connectivity index (χ0v) is 12.4. The van der Waals surface area contributed by atoms with E-state index < -0.39 is 0 Å². The summed E-state index contributed by atoms with van der Waals surface area (Å²) < 4.78 is 11.5. The van der Waals surface area contributed by atoms with Crippen LogP contribution in [0.15, 0.2) is 18.2 Å². The molecule has 2 rings (SSSR count). The van der Waals surface area contributed by atoms with Gasteiger partial charge in [0, 0.05) is 13.1 Å². The minimum Gasteiger partial charge on any atom is -0.490 e. The quantitative estimate of drug-likeness (QED) is 0.742. The lowest BCUT2D eigenvalue weighted by Crippen LogP contribution is -2.22. The first-order valence-electron chi connectivity index (χ1n) is 7.64. The second kappa shape index (κ2) is 8.12. The molecule has 0 saturated carbocycles. The Hall–Kier alpha value is -1.26. The molecule has 1 saturated heterocycles. The van der Waals surface area contributed by atoms with Crippen LogP contribution in [0.4, 0.5) is 0 Å². The summed E-state index contributed by atoms with van der Waals surface area (Å²) in [6.45, 7) is 7.49. The molecule has 20 heavy (non-hydrogen) atoms. The lowest BCUT2D eigenvalue weighted by atomic mass is 10.2. The number of nitrogens with two attached hydrogens (primary N) is 1. The number of ether oxygens (including phenoxy) is 2. The van der Waals surface area contributed by atoms with Gasteiger partial charge < -0.3 is 20.1 Å². The van der Waals surface area contributed by atoms with E-state index in [0.29, 0.717) is 13.2 Å². The molecular formula is C16H26N2O2. The van der Waals surface area contributed by atoms with Gasteiger partial charge in [-0.05, 0) is 57.0 Å². The van der Waals surface area contributed by atoms with E-state index in [2.05, 4.69) is 4.90 Å². The monoisotopic (exact) mass is 278 g/mol. The number of likely N-dealkylation sites (tertiary alicyclic amines) is 1. The first-order chi connectivity index (χ1) is 9.83. The van der Waals surface area contributed by atoms with Crippen molar-refractivity contribution in [1.29, 1.82) is 0 Å². The van der Waals surface area contributed by atoms with E-state index in [1.54, 1.807) is 0 Å². The maximum absolute atomic E-state index is 5.86. The number of hydrogen-bond acceptors (Lipinski definition) is 4. The molecule has 1 fully saturated rings. The van der Waals surface area contributed by atoms with Crippen LogP contribution in [0, 0.1) is 0 Å². The van der Waals surface area contributed by atoms with Crippen LogP contribution in [0.1, 0.15) is 31.7 Å². The second-order valence-electron chi connectivity index (χ2n) is 5.17. The van der Waals surface area contributed by atoms with Crippen molar-refractivity contribution in [3.8, 4) is 11.5 Å². The number of hydrogen-bond donors (Lipinski definition) is 1. The molecule has 4 nitrogen and oxygen atoms in total. The van der Waals surface area contributed by atoms with Crippen LogP contribution in [-0.4, -0.2) is 37.7 Å². The first-order valence-corrected chi connectivity index (χ1v) is 7.64. The molecule has 0 atom stereocenters. The summed E-state index contributed by atoms with van der Waals surface area (Å²) >= 11 is 0. The fourth-order valence-electron chi connectivity index (χ4n) is 2.54. The third-order valence-corrected chi connectivity index (χ3v) is 3.62. The number of rotatable bonds is 8. The Kier molecular flexibility index (Phi) is 6.15. The topological polar surface area (TPSA) is 47.7 Å². The highest BCUT2D eigenvalue weighted by Crippen LogP contribution is 2.28.